The van der Waals surface area contributed by atoms with Gasteiger partial charge in [0.2, 0.25) is 11.8 Å². The molecule has 134 valence electrons. The van der Waals surface area contributed by atoms with Crippen molar-refractivity contribution >= 4 is 11.8 Å². The van der Waals surface area contributed by atoms with E-state index in [1.807, 2.05) is 28.0 Å². The van der Waals surface area contributed by atoms with Crippen LogP contribution in [0.4, 0.5) is 0 Å². The molecular weight excluding hydrogens is 316 g/mol. The van der Waals surface area contributed by atoms with E-state index in [0.717, 1.165) is 50.1 Å². The van der Waals surface area contributed by atoms with Gasteiger partial charge in [-0.15, -0.1) is 0 Å². The molecule has 5 nitrogen and oxygen atoms in total. The molecule has 2 amide bonds. The minimum atomic E-state index is -0.132. The normalized spacial score (nSPS) is 26.1. The third-order valence-electron chi connectivity index (χ3n) is 5.82. The largest absolute Gasteiger partial charge is 0.497 e. The molecule has 2 saturated heterocycles. The van der Waals surface area contributed by atoms with Crippen LogP contribution in [0.3, 0.4) is 0 Å². The molecule has 0 N–H and O–H groups in total. The average molecular weight is 342 g/mol. The monoisotopic (exact) mass is 342 g/mol. The topological polar surface area (TPSA) is 49.9 Å². The Hall–Kier alpha value is -2.04. The van der Waals surface area contributed by atoms with Crippen molar-refractivity contribution in [3.8, 4) is 5.75 Å². The predicted molar refractivity (Wildman–Crippen MR) is 94.3 cm³/mol. The Labute approximate surface area is 148 Å². The number of benzene rings is 1. The summed E-state index contributed by atoms with van der Waals surface area (Å²) in [4.78, 5) is 29.6. The predicted octanol–water partition coefficient (Wildman–Crippen LogP) is 2.27. The molecule has 25 heavy (non-hydrogen) atoms. The molecule has 2 heterocycles. The van der Waals surface area contributed by atoms with Crippen molar-refractivity contribution in [2.75, 3.05) is 33.3 Å². The van der Waals surface area contributed by atoms with Crippen LogP contribution in [0.15, 0.2) is 24.3 Å². The van der Waals surface area contributed by atoms with Gasteiger partial charge in [0, 0.05) is 38.0 Å². The van der Waals surface area contributed by atoms with E-state index < -0.39 is 0 Å². The lowest BCUT2D eigenvalue weighted by Gasteiger charge is -2.24. The summed E-state index contributed by atoms with van der Waals surface area (Å²) < 4.78 is 5.36. The molecule has 3 aliphatic rings. The molecule has 1 aromatic carbocycles. The number of methoxy groups -OCH3 is 1. The molecule has 2 atom stereocenters. The maximum absolute atomic E-state index is 13.1. The third-order valence-corrected chi connectivity index (χ3v) is 5.82. The first kappa shape index (κ1) is 16.4. The number of rotatable bonds is 4. The SMILES string of the molecule is COc1cccc(C2CN(C(=O)C3CC3)CC2C(=O)N2CCCC2)c1. The second-order valence-electron chi connectivity index (χ2n) is 7.54. The lowest BCUT2D eigenvalue weighted by molar-refractivity contribution is -0.135. The fourth-order valence-corrected chi connectivity index (χ4v) is 4.20. The molecule has 0 aromatic heterocycles. The summed E-state index contributed by atoms with van der Waals surface area (Å²) in [5, 5.41) is 0. The molecule has 5 heteroatoms. The van der Waals surface area contributed by atoms with Crippen LogP contribution in [-0.2, 0) is 9.59 Å². The number of carbonyl (C=O) groups is 2. The highest BCUT2D eigenvalue weighted by Crippen LogP contribution is 2.39. The minimum absolute atomic E-state index is 0.0610. The van der Waals surface area contributed by atoms with Crippen LogP contribution >= 0.6 is 0 Å². The van der Waals surface area contributed by atoms with E-state index in [9.17, 15) is 9.59 Å². The number of hydrogen-bond acceptors (Lipinski definition) is 3. The van der Waals surface area contributed by atoms with Crippen molar-refractivity contribution < 1.29 is 14.3 Å². The van der Waals surface area contributed by atoms with Crippen LogP contribution in [0.5, 0.6) is 5.75 Å². The molecule has 3 fully saturated rings. The highest BCUT2D eigenvalue weighted by atomic mass is 16.5. The molecule has 2 aliphatic heterocycles. The number of hydrogen-bond donors (Lipinski definition) is 0. The van der Waals surface area contributed by atoms with Gasteiger partial charge in [-0.1, -0.05) is 12.1 Å². The lowest BCUT2D eigenvalue weighted by atomic mass is 9.88. The lowest BCUT2D eigenvalue weighted by Crippen LogP contribution is -2.37. The van der Waals surface area contributed by atoms with Gasteiger partial charge in [-0.2, -0.15) is 0 Å². The van der Waals surface area contributed by atoms with Crippen LogP contribution in [0.25, 0.3) is 0 Å². The van der Waals surface area contributed by atoms with E-state index in [1.165, 1.54) is 0 Å². The van der Waals surface area contributed by atoms with E-state index >= 15 is 0 Å². The van der Waals surface area contributed by atoms with Gasteiger partial charge < -0.3 is 14.5 Å². The van der Waals surface area contributed by atoms with Gasteiger partial charge in [-0.25, -0.2) is 0 Å². The fraction of sp³-hybridized carbons (Fsp3) is 0.600. The Bertz CT molecular complexity index is 665. The average Bonchev–Trinajstić information content (AvgIpc) is 3.17. The van der Waals surface area contributed by atoms with Gasteiger partial charge in [0.15, 0.2) is 0 Å². The molecule has 0 radical (unpaired) electrons. The summed E-state index contributed by atoms with van der Waals surface area (Å²) in [5.41, 5.74) is 1.10. The number of ether oxygens (including phenoxy) is 1. The second-order valence-corrected chi connectivity index (χ2v) is 7.54. The molecule has 2 unspecified atom stereocenters. The van der Waals surface area contributed by atoms with Gasteiger partial charge in [0.05, 0.1) is 13.0 Å². The maximum Gasteiger partial charge on any atom is 0.228 e. The number of nitrogens with zero attached hydrogens (tertiary/aromatic N) is 2. The van der Waals surface area contributed by atoms with E-state index in [1.54, 1.807) is 7.11 Å². The summed E-state index contributed by atoms with van der Waals surface area (Å²) in [7, 11) is 1.66. The summed E-state index contributed by atoms with van der Waals surface area (Å²) in [6.07, 6.45) is 4.19. The smallest absolute Gasteiger partial charge is 0.228 e. The Morgan fingerprint density at radius 2 is 1.80 bits per heavy atom. The Morgan fingerprint density at radius 1 is 1.04 bits per heavy atom. The zero-order chi connectivity index (χ0) is 17.4. The molecule has 1 aromatic rings. The second kappa shape index (κ2) is 6.70. The first-order valence-corrected chi connectivity index (χ1v) is 9.39. The molecule has 0 bridgehead atoms. The number of carbonyl (C=O) groups excluding carboxylic acids is 2. The van der Waals surface area contributed by atoms with E-state index in [-0.39, 0.29) is 29.6 Å². The summed E-state index contributed by atoms with van der Waals surface area (Å²) in [5.74, 6) is 1.39. The van der Waals surface area contributed by atoms with Crippen molar-refractivity contribution in [3.63, 3.8) is 0 Å². The Morgan fingerprint density at radius 3 is 2.48 bits per heavy atom. The van der Waals surface area contributed by atoms with Crippen molar-refractivity contribution in [2.45, 2.75) is 31.6 Å². The van der Waals surface area contributed by atoms with Crippen molar-refractivity contribution in [1.29, 1.82) is 0 Å². The van der Waals surface area contributed by atoms with E-state index in [4.69, 9.17) is 4.74 Å². The van der Waals surface area contributed by atoms with Crippen molar-refractivity contribution in [2.24, 2.45) is 11.8 Å². The van der Waals surface area contributed by atoms with Crippen molar-refractivity contribution in [3.05, 3.63) is 29.8 Å². The van der Waals surface area contributed by atoms with Crippen LogP contribution in [-0.4, -0.2) is 54.9 Å². The van der Waals surface area contributed by atoms with Gasteiger partial charge >= 0.3 is 0 Å². The summed E-state index contributed by atoms with van der Waals surface area (Å²) >= 11 is 0. The fourth-order valence-electron chi connectivity index (χ4n) is 4.20. The molecule has 1 aliphatic carbocycles. The number of likely N-dealkylation sites (tertiary alicyclic amines) is 2. The Balaban J connectivity index is 1.59. The molecule has 4 rings (SSSR count). The summed E-state index contributed by atoms with van der Waals surface area (Å²) in [6, 6.07) is 7.96. The Kier molecular flexibility index (Phi) is 4.40. The van der Waals surface area contributed by atoms with Crippen LogP contribution in [0, 0.1) is 11.8 Å². The molecular formula is C20H26N2O3. The first-order valence-electron chi connectivity index (χ1n) is 9.39. The summed E-state index contributed by atoms with van der Waals surface area (Å²) in [6.45, 7) is 2.92. The van der Waals surface area contributed by atoms with E-state index in [2.05, 4.69) is 6.07 Å². The van der Waals surface area contributed by atoms with Crippen LogP contribution in [0.1, 0.15) is 37.2 Å². The molecule has 1 saturated carbocycles. The highest BCUT2D eigenvalue weighted by molar-refractivity contribution is 5.85. The van der Waals surface area contributed by atoms with Crippen LogP contribution < -0.4 is 4.74 Å². The zero-order valence-corrected chi connectivity index (χ0v) is 14.8. The number of amides is 2. The first-order chi connectivity index (χ1) is 12.2. The highest BCUT2D eigenvalue weighted by Gasteiger charge is 2.45. The van der Waals surface area contributed by atoms with Gasteiger partial charge in [-0.05, 0) is 43.4 Å². The minimum Gasteiger partial charge on any atom is -0.497 e. The third kappa shape index (κ3) is 3.24. The van der Waals surface area contributed by atoms with Gasteiger partial charge in [0.1, 0.15) is 5.75 Å². The maximum atomic E-state index is 13.1. The standard InChI is InChI=1S/C20H26N2O3/c1-25-16-6-4-5-15(11-16)17-12-22(19(23)14-7-8-14)13-18(17)20(24)21-9-2-3-10-21/h4-6,11,14,17-18H,2-3,7-10,12-13H2,1H3. The zero-order valence-electron chi connectivity index (χ0n) is 14.8. The van der Waals surface area contributed by atoms with Crippen LogP contribution in [0.2, 0.25) is 0 Å². The van der Waals surface area contributed by atoms with Gasteiger partial charge in [-0.3, -0.25) is 9.59 Å². The quantitative estimate of drug-likeness (QED) is 0.843. The van der Waals surface area contributed by atoms with Crippen molar-refractivity contribution in [1.82, 2.24) is 9.80 Å². The van der Waals surface area contributed by atoms with Gasteiger partial charge in [0.25, 0.3) is 0 Å². The van der Waals surface area contributed by atoms with E-state index in [0.29, 0.717) is 13.1 Å². The molecule has 0 spiro atoms.